The standard InChI is InChI=1S/C41H56N4O4S/c1-4-5-6-7-9-15-31(3)35(41(48)45-50-34-20-21-34)23-24-42-29-43-40(47)28-49-27-30(2)14-12-13-16-32-19-22-37-36(25-32)39(46)26-38(44-37)33-17-10-8-11-18-33/h8-11,13,15-19,22,25-26,30-31,34-35,42H,4-7,12,14,20-21,23-24,27-29H2,1-3H3,(H,43,47)(H,44,46)(H,45,48)/b15-9-,16-13+/t30?,31-,35?/m0/s1. The SMILES string of the molecule is CCCCC/C=C\[C@H](C)C(CCNCNC(=O)COCC(C)CC/C=C/c1ccc2[nH]c(-c3ccccc3)cc(=O)c2c1)C(=O)NSC1CC1. The number of fused-ring (bicyclic) bond motifs is 1. The van der Waals surface area contributed by atoms with Crippen molar-refractivity contribution in [2.75, 3.05) is 26.4 Å². The molecule has 2 aromatic carbocycles. The van der Waals surface area contributed by atoms with E-state index in [1.54, 1.807) is 18.0 Å². The van der Waals surface area contributed by atoms with E-state index in [1.807, 2.05) is 54.6 Å². The van der Waals surface area contributed by atoms with E-state index in [2.05, 4.69) is 59.3 Å². The normalized spacial score (nSPS) is 15.0. The van der Waals surface area contributed by atoms with Gasteiger partial charge in [0, 0.05) is 40.4 Å². The number of rotatable bonds is 23. The lowest BCUT2D eigenvalue weighted by atomic mass is 9.89. The van der Waals surface area contributed by atoms with Gasteiger partial charge in [0.1, 0.15) is 6.61 Å². The largest absolute Gasteiger partial charge is 0.371 e. The Balaban J connectivity index is 1.09. The maximum Gasteiger partial charge on any atom is 0.246 e. The number of aromatic nitrogens is 1. The summed E-state index contributed by atoms with van der Waals surface area (Å²) in [5, 5.41) is 7.36. The minimum absolute atomic E-state index is 0.000804. The summed E-state index contributed by atoms with van der Waals surface area (Å²) in [6.45, 7) is 7.93. The van der Waals surface area contributed by atoms with Crippen molar-refractivity contribution >= 4 is 40.7 Å². The summed E-state index contributed by atoms with van der Waals surface area (Å²) in [5.74, 6) is 0.268. The van der Waals surface area contributed by atoms with Gasteiger partial charge in [0.15, 0.2) is 5.43 Å². The van der Waals surface area contributed by atoms with E-state index in [0.29, 0.717) is 42.8 Å². The Bertz CT molecular complexity index is 1600. The van der Waals surface area contributed by atoms with Crippen LogP contribution in [0.1, 0.15) is 84.1 Å². The molecule has 4 rings (SSSR count). The molecule has 3 aromatic rings. The monoisotopic (exact) mass is 700 g/mol. The highest BCUT2D eigenvalue weighted by Gasteiger charge is 2.27. The highest BCUT2D eigenvalue weighted by Crippen LogP contribution is 2.32. The Labute approximate surface area is 302 Å². The van der Waals surface area contributed by atoms with E-state index >= 15 is 0 Å². The molecule has 3 atom stereocenters. The zero-order valence-electron chi connectivity index (χ0n) is 30.0. The van der Waals surface area contributed by atoms with Crippen LogP contribution in [0.15, 0.2) is 77.6 Å². The molecule has 8 nitrogen and oxygen atoms in total. The smallest absolute Gasteiger partial charge is 0.246 e. The molecule has 2 unspecified atom stereocenters. The lowest BCUT2D eigenvalue weighted by molar-refractivity contribution is -0.126. The van der Waals surface area contributed by atoms with Crippen molar-refractivity contribution in [2.24, 2.45) is 17.8 Å². The van der Waals surface area contributed by atoms with Gasteiger partial charge in [-0.1, -0.05) is 94.3 Å². The molecule has 0 bridgehead atoms. The first-order valence-electron chi connectivity index (χ1n) is 18.4. The van der Waals surface area contributed by atoms with Crippen LogP contribution in [0.4, 0.5) is 0 Å². The number of nitrogens with one attached hydrogen (secondary N) is 4. The molecule has 9 heteroatoms. The number of unbranched alkanes of at least 4 members (excludes halogenated alkanes) is 3. The second-order valence-electron chi connectivity index (χ2n) is 13.6. The number of ether oxygens (including phenoxy) is 1. The van der Waals surface area contributed by atoms with Crippen LogP contribution in [0.3, 0.4) is 0 Å². The number of hydrogen-bond donors (Lipinski definition) is 4. The summed E-state index contributed by atoms with van der Waals surface area (Å²) in [6.07, 6.45) is 18.1. The number of pyridine rings is 1. The molecule has 1 aliphatic rings. The molecule has 0 spiro atoms. The van der Waals surface area contributed by atoms with E-state index in [0.717, 1.165) is 41.6 Å². The van der Waals surface area contributed by atoms with Crippen molar-refractivity contribution in [1.82, 2.24) is 20.3 Å². The fourth-order valence-corrected chi connectivity index (χ4v) is 6.53. The van der Waals surface area contributed by atoms with E-state index in [9.17, 15) is 14.4 Å². The summed E-state index contributed by atoms with van der Waals surface area (Å²) in [5.41, 5.74) is 3.60. The molecule has 270 valence electrons. The Kier molecular flexibility index (Phi) is 16.9. The molecular weight excluding hydrogens is 645 g/mol. The summed E-state index contributed by atoms with van der Waals surface area (Å²) < 4.78 is 8.76. The zero-order chi connectivity index (χ0) is 35.6. The first kappa shape index (κ1) is 39.1. The number of carbonyl (C=O) groups is 2. The molecule has 50 heavy (non-hydrogen) atoms. The predicted molar refractivity (Wildman–Crippen MR) is 209 cm³/mol. The first-order valence-corrected chi connectivity index (χ1v) is 19.3. The predicted octanol–water partition coefficient (Wildman–Crippen LogP) is 8.01. The average molecular weight is 701 g/mol. The van der Waals surface area contributed by atoms with Crippen LogP contribution in [-0.4, -0.2) is 48.5 Å². The van der Waals surface area contributed by atoms with Gasteiger partial charge in [-0.3, -0.25) is 24.4 Å². The van der Waals surface area contributed by atoms with Crippen LogP contribution in [-0.2, 0) is 14.3 Å². The second kappa shape index (κ2) is 21.5. The first-order chi connectivity index (χ1) is 24.3. The fourth-order valence-electron chi connectivity index (χ4n) is 5.73. The third-order valence-electron chi connectivity index (χ3n) is 8.99. The van der Waals surface area contributed by atoms with Gasteiger partial charge in [0.05, 0.1) is 6.67 Å². The maximum atomic E-state index is 13.0. The van der Waals surface area contributed by atoms with E-state index < -0.39 is 0 Å². The van der Waals surface area contributed by atoms with Crippen molar-refractivity contribution in [3.05, 3.63) is 88.6 Å². The van der Waals surface area contributed by atoms with Gasteiger partial charge in [0.2, 0.25) is 11.8 Å². The van der Waals surface area contributed by atoms with Gasteiger partial charge in [0.25, 0.3) is 0 Å². The van der Waals surface area contributed by atoms with Crippen LogP contribution < -0.4 is 20.8 Å². The van der Waals surface area contributed by atoms with Crippen LogP contribution >= 0.6 is 11.9 Å². The average Bonchev–Trinajstić information content (AvgIpc) is 3.96. The minimum Gasteiger partial charge on any atom is -0.371 e. The number of carbonyl (C=O) groups excluding carboxylic acids is 2. The van der Waals surface area contributed by atoms with Crippen molar-refractivity contribution in [3.63, 3.8) is 0 Å². The van der Waals surface area contributed by atoms with E-state index in [-0.39, 0.29) is 35.7 Å². The van der Waals surface area contributed by atoms with Gasteiger partial charge in [-0.2, -0.15) is 0 Å². The van der Waals surface area contributed by atoms with Crippen molar-refractivity contribution in [2.45, 2.75) is 83.8 Å². The highest BCUT2D eigenvalue weighted by atomic mass is 32.2. The lowest BCUT2D eigenvalue weighted by Crippen LogP contribution is -2.38. The molecule has 4 N–H and O–H groups in total. The third kappa shape index (κ3) is 13.9. The minimum atomic E-state index is -0.162. The Morgan fingerprint density at radius 3 is 2.62 bits per heavy atom. The summed E-state index contributed by atoms with van der Waals surface area (Å²) >= 11 is 1.56. The number of aromatic amines is 1. The molecule has 1 aromatic heterocycles. The number of benzene rings is 2. The summed E-state index contributed by atoms with van der Waals surface area (Å²) in [4.78, 5) is 41.5. The fraction of sp³-hybridized carbons (Fsp3) is 0.488. The lowest BCUT2D eigenvalue weighted by Gasteiger charge is -2.21. The van der Waals surface area contributed by atoms with Gasteiger partial charge in [-0.05, 0) is 98.5 Å². The molecule has 1 heterocycles. The zero-order valence-corrected chi connectivity index (χ0v) is 30.9. The van der Waals surface area contributed by atoms with E-state index in [1.165, 1.54) is 32.1 Å². The summed E-state index contributed by atoms with van der Waals surface area (Å²) in [6, 6.07) is 17.4. The van der Waals surface area contributed by atoms with Crippen molar-refractivity contribution < 1.29 is 14.3 Å². The quantitative estimate of drug-likeness (QED) is 0.0345. The topological polar surface area (TPSA) is 112 Å². The maximum absolute atomic E-state index is 13.0. The number of amides is 2. The highest BCUT2D eigenvalue weighted by molar-refractivity contribution is 7.98. The Morgan fingerprint density at radius 2 is 1.84 bits per heavy atom. The van der Waals surface area contributed by atoms with Crippen LogP contribution in [0, 0.1) is 17.8 Å². The van der Waals surface area contributed by atoms with Gasteiger partial charge >= 0.3 is 0 Å². The van der Waals surface area contributed by atoms with Crippen LogP contribution in [0.2, 0.25) is 0 Å². The molecule has 1 fully saturated rings. The Morgan fingerprint density at radius 1 is 1.02 bits per heavy atom. The number of allylic oxidation sites excluding steroid dienone is 3. The molecule has 0 aliphatic heterocycles. The third-order valence-corrected chi connectivity index (χ3v) is 10.1. The van der Waals surface area contributed by atoms with Crippen LogP contribution in [0.25, 0.3) is 28.2 Å². The van der Waals surface area contributed by atoms with Gasteiger partial charge in [-0.15, -0.1) is 0 Å². The number of hydrogen-bond acceptors (Lipinski definition) is 6. The number of H-pyrrole nitrogens is 1. The van der Waals surface area contributed by atoms with Crippen LogP contribution in [0.5, 0.6) is 0 Å². The van der Waals surface area contributed by atoms with Gasteiger partial charge < -0.3 is 15.0 Å². The van der Waals surface area contributed by atoms with E-state index in [4.69, 9.17) is 4.74 Å². The summed E-state index contributed by atoms with van der Waals surface area (Å²) in [7, 11) is 0. The van der Waals surface area contributed by atoms with Crippen molar-refractivity contribution in [3.8, 4) is 11.3 Å². The molecule has 1 aliphatic carbocycles. The van der Waals surface area contributed by atoms with Crippen molar-refractivity contribution in [1.29, 1.82) is 0 Å². The molecule has 0 radical (unpaired) electrons. The molecule has 1 saturated carbocycles. The van der Waals surface area contributed by atoms with Gasteiger partial charge in [-0.25, -0.2) is 0 Å². The second-order valence-corrected chi connectivity index (χ2v) is 14.7. The molecule has 2 amide bonds. The Hall–Kier alpha value is -3.66. The molecular formula is C41H56N4O4S. The molecule has 0 saturated heterocycles.